The summed E-state index contributed by atoms with van der Waals surface area (Å²) in [6, 6.07) is 11.6. The second kappa shape index (κ2) is 7.03. The Morgan fingerprint density at radius 1 is 1.09 bits per heavy atom. The summed E-state index contributed by atoms with van der Waals surface area (Å²) in [5, 5.41) is 0.749. The number of hydrogen-bond acceptors (Lipinski definition) is 2. The lowest BCUT2D eigenvalue weighted by Crippen LogP contribution is -2.33. The first-order chi connectivity index (χ1) is 10.6. The number of rotatable bonds is 2. The van der Waals surface area contributed by atoms with Gasteiger partial charge in [0.2, 0.25) is 0 Å². The highest BCUT2D eigenvalue weighted by Crippen LogP contribution is 2.29. The first-order valence-electron chi connectivity index (χ1n) is 7.43. The van der Waals surface area contributed by atoms with E-state index in [0.717, 1.165) is 42.3 Å². The minimum absolute atomic E-state index is 0.0952. The summed E-state index contributed by atoms with van der Waals surface area (Å²) in [6.07, 6.45) is 3.30. The molecular weight excluding hydrogens is 337 g/mol. The molecule has 1 unspecified atom stereocenters. The van der Waals surface area contributed by atoms with E-state index in [0.29, 0.717) is 10.3 Å². The molecule has 116 valence electrons. The zero-order chi connectivity index (χ0) is 15.5. The molecule has 0 N–H and O–H groups in total. The molecule has 5 heteroatoms. The van der Waals surface area contributed by atoms with Gasteiger partial charge in [0.05, 0.1) is 9.21 Å². The standard InChI is InChI=1S/C17H17Cl2NOS/c18-14-6-4-12(5-7-14)13-3-1-2-10-20(11-13)17(21)15-8-9-16(19)22-15/h4-9,13H,1-3,10-11H2. The molecule has 1 amide bonds. The molecule has 1 aromatic heterocycles. The molecule has 0 spiro atoms. The van der Waals surface area contributed by atoms with Crippen molar-refractivity contribution in [3.05, 3.63) is 56.2 Å². The lowest BCUT2D eigenvalue weighted by molar-refractivity contribution is 0.0759. The molecule has 1 aromatic carbocycles. The Morgan fingerprint density at radius 2 is 1.86 bits per heavy atom. The predicted molar refractivity (Wildman–Crippen MR) is 93.3 cm³/mol. The minimum atomic E-state index is 0.0952. The Balaban J connectivity index is 1.77. The van der Waals surface area contributed by atoms with Crippen molar-refractivity contribution >= 4 is 40.4 Å². The number of thiophene rings is 1. The van der Waals surface area contributed by atoms with E-state index in [4.69, 9.17) is 23.2 Å². The molecule has 1 aliphatic heterocycles. The Labute approximate surface area is 144 Å². The van der Waals surface area contributed by atoms with Crippen molar-refractivity contribution in [2.45, 2.75) is 25.2 Å². The van der Waals surface area contributed by atoms with Crippen LogP contribution in [-0.4, -0.2) is 23.9 Å². The van der Waals surface area contributed by atoms with Crippen LogP contribution in [0.15, 0.2) is 36.4 Å². The van der Waals surface area contributed by atoms with Crippen molar-refractivity contribution in [3.63, 3.8) is 0 Å². The minimum Gasteiger partial charge on any atom is -0.337 e. The van der Waals surface area contributed by atoms with Gasteiger partial charge in [-0.05, 0) is 42.7 Å². The molecule has 0 aliphatic carbocycles. The highest BCUT2D eigenvalue weighted by molar-refractivity contribution is 7.17. The molecule has 1 aliphatic rings. The number of amides is 1. The Bertz CT molecular complexity index is 653. The molecule has 2 nitrogen and oxygen atoms in total. The van der Waals surface area contributed by atoms with Crippen LogP contribution in [0.2, 0.25) is 9.36 Å². The van der Waals surface area contributed by atoms with E-state index in [1.807, 2.05) is 23.1 Å². The molecule has 0 bridgehead atoms. The van der Waals surface area contributed by atoms with Crippen LogP contribution in [-0.2, 0) is 0 Å². The third-order valence-electron chi connectivity index (χ3n) is 4.08. The van der Waals surface area contributed by atoms with Crippen molar-refractivity contribution in [1.29, 1.82) is 0 Å². The second-order valence-corrected chi connectivity index (χ2v) is 7.75. The highest BCUT2D eigenvalue weighted by atomic mass is 35.5. The average molecular weight is 354 g/mol. The van der Waals surface area contributed by atoms with Crippen LogP contribution in [0.1, 0.15) is 40.4 Å². The van der Waals surface area contributed by atoms with Crippen LogP contribution in [0.25, 0.3) is 0 Å². The molecule has 1 saturated heterocycles. The molecule has 3 rings (SSSR count). The highest BCUT2D eigenvalue weighted by Gasteiger charge is 2.24. The van der Waals surface area contributed by atoms with Crippen LogP contribution in [0, 0.1) is 0 Å². The smallest absolute Gasteiger partial charge is 0.263 e. The van der Waals surface area contributed by atoms with Crippen molar-refractivity contribution in [2.75, 3.05) is 13.1 Å². The predicted octanol–water partition coefficient (Wildman–Crippen LogP) is 5.46. The van der Waals surface area contributed by atoms with Crippen molar-refractivity contribution in [2.24, 2.45) is 0 Å². The molecule has 2 aromatic rings. The number of halogens is 2. The fraction of sp³-hybridized carbons (Fsp3) is 0.353. The lowest BCUT2D eigenvalue weighted by Gasteiger charge is -2.24. The fourth-order valence-corrected chi connectivity index (χ4v) is 4.06. The van der Waals surface area contributed by atoms with Crippen LogP contribution < -0.4 is 0 Å². The Hall–Kier alpha value is -1.03. The van der Waals surface area contributed by atoms with E-state index in [2.05, 4.69) is 12.1 Å². The number of nitrogens with zero attached hydrogens (tertiary/aromatic N) is 1. The summed E-state index contributed by atoms with van der Waals surface area (Å²) >= 11 is 13.3. The number of carbonyl (C=O) groups is 1. The summed E-state index contributed by atoms with van der Waals surface area (Å²) in [6.45, 7) is 1.58. The van der Waals surface area contributed by atoms with Gasteiger partial charge in [0.25, 0.3) is 5.91 Å². The molecule has 2 heterocycles. The van der Waals surface area contributed by atoms with Crippen LogP contribution in [0.5, 0.6) is 0 Å². The van der Waals surface area contributed by atoms with Crippen molar-refractivity contribution in [1.82, 2.24) is 4.90 Å². The van der Waals surface area contributed by atoms with E-state index in [9.17, 15) is 4.79 Å². The van der Waals surface area contributed by atoms with Crippen molar-refractivity contribution < 1.29 is 4.79 Å². The van der Waals surface area contributed by atoms with Gasteiger partial charge in [-0.2, -0.15) is 0 Å². The largest absolute Gasteiger partial charge is 0.337 e. The average Bonchev–Trinajstić information content (AvgIpc) is 2.81. The van der Waals surface area contributed by atoms with Gasteiger partial charge in [-0.3, -0.25) is 4.79 Å². The number of benzene rings is 1. The normalized spacial score (nSPS) is 19.0. The van der Waals surface area contributed by atoms with Gasteiger partial charge < -0.3 is 4.90 Å². The zero-order valence-corrected chi connectivity index (χ0v) is 14.4. The van der Waals surface area contributed by atoms with Gasteiger partial charge >= 0.3 is 0 Å². The van der Waals surface area contributed by atoms with Crippen molar-refractivity contribution in [3.8, 4) is 0 Å². The Kier molecular flexibility index (Phi) is 5.07. The van der Waals surface area contributed by atoms with Crippen LogP contribution in [0.3, 0.4) is 0 Å². The van der Waals surface area contributed by atoms with Gasteiger partial charge in [-0.15, -0.1) is 11.3 Å². The SMILES string of the molecule is O=C(c1ccc(Cl)s1)N1CCCCC(c2ccc(Cl)cc2)C1. The van der Waals surface area contributed by atoms with E-state index in [1.165, 1.54) is 16.9 Å². The first-order valence-corrected chi connectivity index (χ1v) is 9.01. The topological polar surface area (TPSA) is 20.3 Å². The maximum absolute atomic E-state index is 12.7. The molecule has 22 heavy (non-hydrogen) atoms. The fourth-order valence-electron chi connectivity index (χ4n) is 2.92. The summed E-state index contributed by atoms with van der Waals surface area (Å²) < 4.78 is 0.660. The van der Waals surface area contributed by atoms with Crippen LogP contribution >= 0.6 is 34.5 Å². The number of likely N-dealkylation sites (tertiary alicyclic amines) is 1. The zero-order valence-electron chi connectivity index (χ0n) is 12.1. The van der Waals surface area contributed by atoms with Crippen LogP contribution in [0.4, 0.5) is 0 Å². The van der Waals surface area contributed by atoms with Gasteiger partial charge in [0.1, 0.15) is 0 Å². The Morgan fingerprint density at radius 3 is 2.55 bits per heavy atom. The lowest BCUT2D eigenvalue weighted by atomic mass is 9.94. The maximum atomic E-state index is 12.7. The molecule has 0 radical (unpaired) electrons. The first kappa shape index (κ1) is 15.9. The summed E-state index contributed by atoms with van der Waals surface area (Å²) in [4.78, 5) is 15.3. The van der Waals surface area contributed by atoms with E-state index in [1.54, 1.807) is 6.07 Å². The van der Waals surface area contributed by atoms with E-state index >= 15 is 0 Å². The third kappa shape index (κ3) is 3.65. The van der Waals surface area contributed by atoms with Gasteiger partial charge in [0.15, 0.2) is 0 Å². The van der Waals surface area contributed by atoms with Gasteiger partial charge in [-0.25, -0.2) is 0 Å². The molecule has 0 saturated carbocycles. The van der Waals surface area contributed by atoms with Gasteiger partial charge in [0, 0.05) is 24.0 Å². The summed E-state index contributed by atoms with van der Waals surface area (Å²) in [5.41, 5.74) is 1.26. The molecule has 1 atom stereocenters. The van der Waals surface area contributed by atoms with E-state index < -0.39 is 0 Å². The second-order valence-electron chi connectivity index (χ2n) is 5.60. The summed E-state index contributed by atoms with van der Waals surface area (Å²) in [5.74, 6) is 0.469. The molecule has 1 fully saturated rings. The summed E-state index contributed by atoms with van der Waals surface area (Å²) in [7, 11) is 0. The number of hydrogen-bond donors (Lipinski definition) is 0. The molecular formula is C17H17Cl2NOS. The van der Waals surface area contributed by atoms with E-state index in [-0.39, 0.29) is 5.91 Å². The monoisotopic (exact) mass is 353 g/mol. The number of carbonyl (C=O) groups excluding carboxylic acids is 1. The maximum Gasteiger partial charge on any atom is 0.263 e. The quantitative estimate of drug-likeness (QED) is 0.701. The van der Waals surface area contributed by atoms with Gasteiger partial charge in [-0.1, -0.05) is 41.8 Å². The third-order valence-corrected chi connectivity index (χ3v) is 5.56.